The normalized spacial score (nSPS) is 15.9. The lowest BCUT2D eigenvalue weighted by molar-refractivity contribution is 0.262. The van der Waals surface area contributed by atoms with Gasteiger partial charge in [0, 0.05) is 41.8 Å². The summed E-state index contributed by atoms with van der Waals surface area (Å²) in [4.78, 5) is 9.23. The number of aromatic nitrogens is 1. The fraction of sp³-hybridized carbons (Fsp3) is 0.450. The highest BCUT2D eigenvalue weighted by Crippen LogP contribution is 2.49. The van der Waals surface area contributed by atoms with Crippen molar-refractivity contribution in [1.82, 2.24) is 14.8 Å². The molecule has 0 atom stereocenters. The quantitative estimate of drug-likeness (QED) is 0.759. The molecule has 1 heterocycles. The van der Waals surface area contributed by atoms with E-state index in [0.717, 1.165) is 35.9 Å². The first-order valence-corrected chi connectivity index (χ1v) is 8.93. The van der Waals surface area contributed by atoms with Gasteiger partial charge < -0.3 is 9.80 Å². The van der Waals surface area contributed by atoms with E-state index >= 15 is 0 Å². The lowest BCUT2D eigenvalue weighted by Gasteiger charge is -2.25. The molecule has 3 rings (SSSR count). The van der Waals surface area contributed by atoms with Crippen molar-refractivity contribution in [2.45, 2.75) is 18.3 Å². The summed E-state index contributed by atoms with van der Waals surface area (Å²) in [5, 5.41) is 0.759. The number of benzene rings is 1. The molecule has 0 spiro atoms. The van der Waals surface area contributed by atoms with Gasteiger partial charge in [-0.05, 0) is 57.7 Å². The van der Waals surface area contributed by atoms with Crippen molar-refractivity contribution < 1.29 is 0 Å². The van der Waals surface area contributed by atoms with E-state index < -0.39 is 0 Å². The second-order valence-electron chi connectivity index (χ2n) is 7.23. The molecular formula is C20H26ClN3. The zero-order chi connectivity index (χ0) is 17.2. The van der Waals surface area contributed by atoms with Gasteiger partial charge in [0.05, 0.1) is 5.69 Å². The van der Waals surface area contributed by atoms with E-state index in [-0.39, 0.29) is 0 Å². The van der Waals surface area contributed by atoms with E-state index in [1.54, 1.807) is 0 Å². The molecule has 3 nitrogen and oxygen atoms in total. The Morgan fingerprint density at radius 2 is 1.83 bits per heavy atom. The van der Waals surface area contributed by atoms with Crippen LogP contribution in [0.15, 0.2) is 42.6 Å². The van der Waals surface area contributed by atoms with Crippen LogP contribution in [0.4, 0.5) is 0 Å². The van der Waals surface area contributed by atoms with Crippen molar-refractivity contribution in [3.05, 3.63) is 53.2 Å². The van der Waals surface area contributed by atoms with Crippen LogP contribution >= 0.6 is 11.6 Å². The summed E-state index contributed by atoms with van der Waals surface area (Å²) < 4.78 is 0. The largest absolute Gasteiger partial charge is 0.308 e. The molecule has 0 bridgehead atoms. The van der Waals surface area contributed by atoms with Crippen LogP contribution in [0, 0.1) is 0 Å². The molecule has 4 heteroatoms. The number of hydrogen-bond acceptors (Lipinski definition) is 3. The second-order valence-corrected chi connectivity index (χ2v) is 7.64. The van der Waals surface area contributed by atoms with Crippen LogP contribution in [0.2, 0.25) is 5.02 Å². The molecule has 24 heavy (non-hydrogen) atoms. The number of halogens is 1. The number of hydrogen-bond donors (Lipinski definition) is 0. The van der Waals surface area contributed by atoms with Gasteiger partial charge in [0.1, 0.15) is 0 Å². The summed E-state index contributed by atoms with van der Waals surface area (Å²) in [6, 6.07) is 12.3. The summed E-state index contributed by atoms with van der Waals surface area (Å²) in [5.74, 6) is 0. The van der Waals surface area contributed by atoms with E-state index in [0.29, 0.717) is 5.41 Å². The molecule has 0 amide bonds. The Balaban J connectivity index is 1.78. The minimum Gasteiger partial charge on any atom is -0.308 e. The Bertz CT molecular complexity index is 695. The highest BCUT2D eigenvalue weighted by molar-refractivity contribution is 6.33. The van der Waals surface area contributed by atoms with E-state index in [2.05, 4.69) is 48.1 Å². The van der Waals surface area contributed by atoms with E-state index in [4.69, 9.17) is 11.6 Å². The van der Waals surface area contributed by atoms with Crippen LogP contribution in [0.5, 0.6) is 0 Å². The number of nitrogens with zero attached hydrogens (tertiary/aromatic N) is 3. The fourth-order valence-corrected chi connectivity index (χ4v) is 3.46. The summed E-state index contributed by atoms with van der Waals surface area (Å²) in [6.07, 6.45) is 4.43. The monoisotopic (exact) mass is 343 g/mol. The third-order valence-electron chi connectivity index (χ3n) is 4.88. The molecule has 1 aliphatic rings. The summed E-state index contributed by atoms with van der Waals surface area (Å²) in [7, 11) is 6.47. The van der Waals surface area contributed by atoms with E-state index in [9.17, 15) is 0 Å². The van der Waals surface area contributed by atoms with Gasteiger partial charge in [-0.25, -0.2) is 0 Å². The Labute approximate surface area is 150 Å². The maximum Gasteiger partial charge on any atom is 0.0719 e. The van der Waals surface area contributed by atoms with Gasteiger partial charge in [-0.3, -0.25) is 4.98 Å². The van der Waals surface area contributed by atoms with Crippen molar-refractivity contribution in [3.8, 4) is 11.3 Å². The first-order chi connectivity index (χ1) is 11.5. The van der Waals surface area contributed by atoms with Gasteiger partial charge in [0.25, 0.3) is 0 Å². The molecule has 0 N–H and O–H groups in total. The van der Waals surface area contributed by atoms with Gasteiger partial charge in [-0.1, -0.05) is 29.8 Å². The third-order valence-corrected chi connectivity index (χ3v) is 5.21. The van der Waals surface area contributed by atoms with Crippen molar-refractivity contribution in [2.75, 3.05) is 40.8 Å². The van der Waals surface area contributed by atoms with Crippen molar-refractivity contribution >= 4 is 11.6 Å². The smallest absolute Gasteiger partial charge is 0.0719 e. The van der Waals surface area contributed by atoms with Crippen LogP contribution in [-0.2, 0) is 5.41 Å². The van der Waals surface area contributed by atoms with Crippen LogP contribution in [0.25, 0.3) is 11.3 Å². The lowest BCUT2D eigenvalue weighted by Crippen LogP contribution is -2.34. The first kappa shape index (κ1) is 17.4. The molecule has 0 radical (unpaired) electrons. The molecule has 1 fully saturated rings. The predicted molar refractivity (Wildman–Crippen MR) is 102 cm³/mol. The highest BCUT2D eigenvalue weighted by atomic mass is 35.5. The Morgan fingerprint density at radius 3 is 2.50 bits per heavy atom. The molecule has 2 aromatic rings. The third kappa shape index (κ3) is 3.97. The predicted octanol–water partition coefficient (Wildman–Crippen LogP) is 3.93. The van der Waals surface area contributed by atoms with Gasteiger partial charge in [-0.2, -0.15) is 0 Å². The maximum absolute atomic E-state index is 6.34. The van der Waals surface area contributed by atoms with Crippen LogP contribution in [-0.4, -0.2) is 55.6 Å². The number of rotatable bonds is 7. The van der Waals surface area contributed by atoms with Crippen molar-refractivity contribution in [1.29, 1.82) is 0 Å². The zero-order valence-electron chi connectivity index (χ0n) is 14.8. The molecule has 0 unspecified atom stereocenters. The van der Waals surface area contributed by atoms with Crippen LogP contribution in [0.1, 0.15) is 18.4 Å². The molecule has 1 saturated carbocycles. The highest BCUT2D eigenvalue weighted by Gasteiger charge is 2.45. The van der Waals surface area contributed by atoms with Crippen molar-refractivity contribution in [2.24, 2.45) is 0 Å². The standard InChI is InChI=1S/C20H26ClN3/c1-23(2)12-13-24(3)15-20(9-10-20)16-8-11-22-19(14-16)17-6-4-5-7-18(17)21/h4-8,11,14H,9-10,12-13,15H2,1-3H3. The topological polar surface area (TPSA) is 19.4 Å². The molecule has 1 aromatic heterocycles. The molecule has 0 saturated heterocycles. The Hall–Kier alpha value is -1.42. The molecular weight excluding hydrogens is 318 g/mol. The summed E-state index contributed by atoms with van der Waals surface area (Å²) in [5.41, 5.74) is 3.67. The lowest BCUT2D eigenvalue weighted by atomic mass is 9.94. The van der Waals surface area contributed by atoms with Gasteiger partial charge >= 0.3 is 0 Å². The maximum atomic E-state index is 6.34. The molecule has 1 aliphatic carbocycles. The van der Waals surface area contributed by atoms with Crippen molar-refractivity contribution in [3.63, 3.8) is 0 Å². The van der Waals surface area contributed by atoms with Crippen LogP contribution in [0.3, 0.4) is 0 Å². The van der Waals surface area contributed by atoms with Gasteiger partial charge in [0.15, 0.2) is 0 Å². The average Bonchev–Trinajstić information content (AvgIpc) is 3.34. The molecule has 128 valence electrons. The van der Waals surface area contributed by atoms with E-state index in [1.807, 2.05) is 30.5 Å². The molecule has 1 aromatic carbocycles. The summed E-state index contributed by atoms with van der Waals surface area (Å²) >= 11 is 6.34. The van der Waals surface area contributed by atoms with E-state index in [1.165, 1.54) is 18.4 Å². The molecule has 0 aliphatic heterocycles. The average molecular weight is 344 g/mol. The SMILES string of the molecule is CN(C)CCN(C)CC1(c2ccnc(-c3ccccc3Cl)c2)CC1. The number of likely N-dealkylation sites (N-methyl/N-ethyl adjacent to an activating group) is 2. The minimum atomic E-state index is 0.292. The first-order valence-electron chi connectivity index (χ1n) is 8.55. The zero-order valence-corrected chi connectivity index (χ0v) is 15.6. The van der Waals surface area contributed by atoms with Gasteiger partial charge in [0.2, 0.25) is 0 Å². The Kier molecular flexibility index (Phi) is 5.24. The second kappa shape index (κ2) is 7.22. The minimum absolute atomic E-state index is 0.292. The summed E-state index contributed by atoms with van der Waals surface area (Å²) in [6.45, 7) is 3.29. The number of pyridine rings is 1. The van der Waals surface area contributed by atoms with Crippen LogP contribution < -0.4 is 0 Å². The van der Waals surface area contributed by atoms with Gasteiger partial charge in [-0.15, -0.1) is 0 Å². The fourth-order valence-electron chi connectivity index (χ4n) is 3.23. The Morgan fingerprint density at radius 1 is 1.08 bits per heavy atom.